The van der Waals surface area contributed by atoms with Crippen molar-refractivity contribution < 1.29 is 9.59 Å². The van der Waals surface area contributed by atoms with Crippen LogP contribution in [0.2, 0.25) is 0 Å². The van der Waals surface area contributed by atoms with Gasteiger partial charge in [0.2, 0.25) is 0 Å². The number of hydrogen-bond acceptors (Lipinski definition) is 4. The molecule has 0 radical (unpaired) electrons. The minimum Gasteiger partial charge on any atom is -0.239 e. The van der Waals surface area contributed by atoms with Crippen LogP contribution < -0.4 is 0 Å². The second-order valence-corrected chi connectivity index (χ2v) is 3.01. The van der Waals surface area contributed by atoms with Gasteiger partial charge in [-0.15, -0.1) is 0 Å². The lowest BCUT2D eigenvalue weighted by molar-refractivity contribution is -0.114. The highest BCUT2D eigenvalue weighted by Gasteiger charge is 1.83. The van der Waals surface area contributed by atoms with E-state index in [2.05, 4.69) is 11.3 Å². The molecule has 0 spiro atoms. The maximum atomic E-state index is 7.74. The van der Waals surface area contributed by atoms with Crippen molar-refractivity contribution >= 4 is 21.9 Å². The van der Waals surface area contributed by atoms with Crippen LogP contribution in [0.15, 0.2) is 0 Å². The van der Waals surface area contributed by atoms with E-state index in [1.54, 1.807) is 0 Å². The van der Waals surface area contributed by atoms with E-state index in [4.69, 9.17) is 5.26 Å². The molecular formula is C3H8O2S2. The Bertz CT molecular complexity index is 30.1. The second-order valence-electron chi connectivity index (χ2n) is 0.965. The zero-order valence-corrected chi connectivity index (χ0v) is 5.72. The van der Waals surface area contributed by atoms with E-state index < -0.39 is 0 Å². The highest BCUT2D eigenvalue weighted by molar-refractivity contribution is 8.74. The summed E-state index contributed by atoms with van der Waals surface area (Å²) in [7, 11) is 1.50. The molecule has 0 aliphatic heterocycles. The van der Waals surface area contributed by atoms with Crippen molar-refractivity contribution in [3.05, 3.63) is 0 Å². The lowest BCUT2D eigenvalue weighted by atomic mass is 10.6. The molecule has 0 aliphatic rings. The lowest BCUT2D eigenvalue weighted by Crippen LogP contribution is -1.67. The van der Waals surface area contributed by atoms with Crippen molar-refractivity contribution in [3.8, 4) is 0 Å². The SMILES string of the molecule is CCCSSOO. The van der Waals surface area contributed by atoms with Gasteiger partial charge in [-0.2, -0.15) is 4.33 Å². The summed E-state index contributed by atoms with van der Waals surface area (Å²) in [4.78, 5) is 0. The Morgan fingerprint density at radius 2 is 2.43 bits per heavy atom. The Morgan fingerprint density at radius 1 is 1.71 bits per heavy atom. The minimum absolute atomic E-state index is 1.00. The van der Waals surface area contributed by atoms with Crippen LogP contribution >= 0.6 is 21.9 Å². The third kappa shape index (κ3) is 6.62. The fraction of sp³-hybridized carbons (Fsp3) is 1.00. The maximum Gasteiger partial charge on any atom is 0.101 e. The molecule has 0 unspecified atom stereocenters. The van der Waals surface area contributed by atoms with Gasteiger partial charge in [-0.3, -0.25) is 0 Å². The molecule has 0 rings (SSSR count). The lowest BCUT2D eigenvalue weighted by Gasteiger charge is -1.88. The molecule has 0 saturated heterocycles. The molecule has 0 saturated carbocycles. The van der Waals surface area contributed by atoms with Gasteiger partial charge in [-0.05, 0) is 6.42 Å². The van der Waals surface area contributed by atoms with Gasteiger partial charge in [0.1, 0.15) is 11.1 Å². The summed E-state index contributed by atoms with van der Waals surface area (Å²) in [6.07, 6.45) is 1.11. The van der Waals surface area contributed by atoms with Gasteiger partial charge in [0.15, 0.2) is 0 Å². The van der Waals surface area contributed by atoms with Gasteiger partial charge in [0.05, 0.1) is 0 Å². The summed E-state index contributed by atoms with van der Waals surface area (Å²) in [5.74, 6) is 1.02. The van der Waals surface area contributed by atoms with Crippen LogP contribution in [0.5, 0.6) is 0 Å². The second kappa shape index (κ2) is 6.62. The van der Waals surface area contributed by atoms with E-state index in [0.717, 1.165) is 23.2 Å². The van der Waals surface area contributed by atoms with E-state index in [1.807, 2.05) is 0 Å². The van der Waals surface area contributed by atoms with Crippen LogP contribution in [0, 0.1) is 0 Å². The minimum atomic E-state index is 1.00. The molecule has 0 aromatic carbocycles. The van der Waals surface area contributed by atoms with Gasteiger partial charge >= 0.3 is 0 Å². The summed E-state index contributed by atoms with van der Waals surface area (Å²) in [5, 5.41) is 7.74. The van der Waals surface area contributed by atoms with Gasteiger partial charge in [0, 0.05) is 5.75 Å². The number of hydrogen-bond donors (Lipinski definition) is 1. The average Bonchev–Trinajstić information content (AvgIpc) is 1.69. The molecule has 7 heavy (non-hydrogen) atoms. The van der Waals surface area contributed by atoms with Crippen LogP contribution in [0.25, 0.3) is 0 Å². The Hall–Kier alpha value is 0.620. The molecule has 0 atom stereocenters. The smallest absolute Gasteiger partial charge is 0.101 e. The van der Waals surface area contributed by atoms with Gasteiger partial charge in [-0.1, -0.05) is 17.7 Å². The summed E-state index contributed by atoms with van der Waals surface area (Å²) in [6, 6.07) is 0. The van der Waals surface area contributed by atoms with Crippen LogP contribution in [-0.2, 0) is 4.33 Å². The zero-order chi connectivity index (χ0) is 5.54. The quantitative estimate of drug-likeness (QED) is 0.213. The van der Waals surface area contributed by atoms with Crippen molar-refractivity contribution in [2.45, 2.75) is 13.3 Å². The molecule has 0 aromatic heterocycles. The van der Waals surface area contributed by atoms with Gasteiger partial charge in [0.25, 0.3) is 0 Å². The molecular weight excluding hydrogens is 132 g/mol. The summed E-state index contributed by atoms with van der Waals surface area (Å²) < 4.78 is 3.72. The predicted octanol–water partition coefficient (Wildman–Crippen LogP) is 2.18. The zero-order valence-electron chi connectivity index (χ0n) is 4.09. The first kappa shape index (κ1) is 7.62. The first-order valence-electron chi connectivity index (χ1n) is 2.01. The van der Waals surface area contributed by atoms with Crippen molar-refractivity contribution in [3.63, 3.8) is 0 Å². The number of rotatable bonds is 4. The standard InChI is InChI=1S/C3H8O2S2/c1-2-3-6-7-5-4/h4H,2-3H2,1H3. The van der Waals surface area contributed by atoms with E-state index >= 15 is 0 Å². The molecule has 0 bridgehead atoms. The third-order valence-electron chi connectivity index (χ3n) is 0.366. The molecule has 0 aromatic rings. The van der Waals surface area contributed by atoms with E-state index in [1.165, 1.54) is 10.8 Å². The monoisotopic (exact) mass is 140 g/mol. The largest absolute Gasteiger partial charge is 0.239 e. The molecule has 0 amide bonds. The van der Waals surface area contributed by atoms with Crippen LogP contribution in [0.4, 0.5) is 0 Å². The first-order chi connectivity index (χ1) is 3.41. The Kier molecular flexibility index (Phi) is 7.21. The molecule has 1 N–H and O–H groups in total. The molecule has 0 aliphatic carbocycles. The summed E-state index contributed by atoms with van der Waals surface area (Å²) in [6.45, 7) is 2.07. The Labute approximate surface area is 51.2 Å². The summed E-state index contributed by atoms with van der Waals surface area (Å²) in [5.41, 5.74) is 0. The molecule has 0 fully saturated rings. The first-order valence-corrected chi connectivity index (χ1v) is 4.26. The molecule has 2 nitrogen and oxygen atoms in total. The molecule has 4 heteroatoms. The van der Waals surface area contributed by atoms with E-state index in [0.29, 0.717) is 0 Å². The molecule has 0 heterocycles. The average molecular weight is 140 g/mol. The topological polar surface area (TPSA) is 29.5 Å². The predicted molar refractivity (Wildman–Crippen MR) is 34.1 cm³/mol. The fourth-order valence-electron chi connectivity index (χ4n) is 0.139. The summed E-state index contributed by atoms with van der Waals surface area (Å²) >= 11 is 1.00. The normalized spacial score (nSPS) is 9.43. The van der Waals surface area contributed by atoms with Crippen molar-refractivity contribution in [1.29, 1.82) is 0 Å². The van der Waals surface area contributed by atoms with Crippen molar-refractivity contribution in [2.75, 3.05) is 5.75 Å². The molecule has 44 valence electrons. The van der Waals surface area contributed by atoms with E-state index in [9.17, 15) is 0 Å². The Balaban J connectivity index is 2.45. The highest BCUT2D eigenvalue weighted by Crippen LogP contribution is 2.20. The third-order valence-corrected chi connectivity index (χ3v) is 2.07. The van der Waals surface area contributed by atoms with Crippen molar-refractivity contribution in [1.82, 2.24) is 0 Å². The van der Waals surface area contributed by atoms with Gasteiger partial charge < -0.3 is 0 Å². The van der Waals surface area contributed by atoms with Gasteiger partial charge in [-0.25, -0.2) is 5.26 Å². The maximum absolute atomic E-state index is 7.74. The highest BCUT2D eigenvalue weighted by atomic mass is 33.1. The van der Waals surface area contributed by atoms with Crippen LogP contribution in [-0.4, -0.2) is 11.0 Å². The van der Waals surface area contributed by atoms with E-state index in [-0.39, 0.29) is 0 Å². The fourth-order valence-corrected chi connectivity index (χ4v) is 1.25. The van der Waals surface area contributed by atoms with Crippen LogP contribution in [0.1, 0.15) is 13.3 Å². The van der Waals surface area contributed by atoms with Crippen molar-refractivity contribution in [2.24, 2.45) is 0 Å². The van der Waals surface area contributed by atoms with Crippen LogP contribution in [0.3, 0.4) is 0 Å². The Morgan fingerprint density at radius 3 is 2.86 bits per heavy atom.